The van der Waals surface area contributed by atoms with Gasteiger partial charge in [-0.15, -0.1) is 11.3 Å². The molecule has 0 bridgehead atoms. The van der Waals surface area contributed by atoms with Gasteiger partial charge in [0, 0.05) is 29.7 Å². The first-order chi connectivity index (χ1) is 13.7. The highest BCUT2D eigenvalue weighted by atomic mass is 32.1. The molecule has 0 saturated heterocycles. The maximum Gasteiger partial charge on any atom is 0.276 e. The summed E-state index contributed by atoms with van der Waals surface area (Å²) in [5, 5.41) is 8.07. The highest BCUT2D eigenvalue weighted by Crippen LogP contribution is 2.31. The van der Waals surface area contributed by atoms with Gasteiger partial charge in [-0.05, 0) is 55.0 Å². The van der Waals surface area contributed by atoms with Gasteiger partial charge in [0.2, 0.25) is 0 Å². The Morgan fingerprint density at radius 2 is 1.96 bits per heavy atom. The van der Waals surface area contributed by atoms with Crippen LogP contribution in [0.2, 0.25) is 0 Å². The van der Waals surface area contributed by atoms with E-state index in [9.17, 15) is 4.79 Å². The molecule has 28 heavy (non-hydrogen) atoms. The zero-order valence-corrected chi connectivity index (χ0v) is 15.8. The van der Waals surface area contributed by atoms with Crippen molar-refractivity contribution in [3.63, 3.8) is 0 Å². The Hall–Kier alpha value is -3.58. The van der Waals surface area contributed by atoms with E-state index in [1.807, 2.05) is 30.3 Å². The summed E-state index contributed by atoms with van der Waals surface area (Å²) in [6, 6.07) is 17.4. The fraction of sp³-hybridized carbons (Fsp3) is 0.0476. The molecule has 0 saturated carbocycles. The number of carbonyl (C=O) groups excluding carboxylic acids is 1. The molecule has 136 valence electrons. The van der Waals surface area contributed by atoms with Crippen molar-refractivity contribution in [1.82, 2.24) is 19.6 Å². The summed E-state index contributed by atoms with van der Waals surface area (Å²) < 4.78 is 2.75. The maximum absolute atomic E-state index is 12.5. The van der Waals surface area contributed by atoms with Crippen molar-refractivity contribution in [2.75, 3.05) is 5.32 Å². The van der Waals surface area contributed by atoms with Gasteiger partial charge in [0.25, 0.3) is 5.91 Å². The first kappa shape index (κ1) is 16.6. The largest absolute Gasteiger partial charge is 0.321 e. The number of fused-ring (bicyclic) bond motifs is 2. The second-order valence-corrected chi connectivity index (χ2v) is 7.50. The maximum atomic E-state index is 12.5. The molecule has 0 aliphatic rings. The molecule has 1 N–H and O–H groups in total. The van der Waals surface area contributed by atoms with Crippen LogP contribution in [0.15, 0.2) is 67.0 Å². The highest BCUT2D eigenvalue weighted by Gasteiger charge is 2.12. The van der Waals surface area contributed by atoms with Crippen LogP contribution in [0.1, 0.15) is 16.1 Å². The van der Waals surface area contributed by atoms with Crippen LogP contribution in [0, 0.1) is 6.92 Å². The molecule has 0 aliphatic carbocycles. The third-order valence-electron chi connectivity index (χ3n) is 4.40. The molecule has 0 unspecified atom stereocenters. The van der Waals surface area contributed by atoms with E-state index in [-0.39, 0.29) is 5.91 Å². The molecule has 3 aromatic heterocycles. The van der Waals surface area contributed by atoms with E-state index in [0.717, 1.165) is 16.1 Å². The van der Waals surface area contributed by atoms with Gasteiger partial charge in [0.15, 0.2) is 11.3 Å². The Bertz CT molecular complexity index is 1290. The fourth-order valence-corrected chi connectivity index (χ4v) is 4.06. The van der Waals surface area contributed by atoms with E-state index >= 15 is 0 Å². The molecule has 0 atom stereocenters. The molecule has 5 aromatic rings. The predicted molar refractivity (Wildman–Crippen MR) is 111 cm³/mol. The summed E-state index contributed by atoms with van der Waals surface area (Å²) in [5.74, 6) is -0.270. The highest BCUT2D eigenvalue weighted by molar-refractivity contribution is 7.21. The number of hydrogen-bond acceptors (Lipinski definition) is 5. The smallest absolute Gasteiger partial charge is 0.276 e. The number of benzene rings is 2. The number of nitrogens with zero attached hydrogens (tertiary/aromatic N) is 4. The van der Waals surface area contributed by atoms with Crippen LogP contribution in [0.5, 0.6) is 0 Å². The van der Waals surface area contributed by atoms with Crippen LogP contribution < -0.4 is 5.32 Å². The second-order valence-electron chi connectivity index (χ2n) is 6.47. The molecule has 0 aliphatic heterocycles. The van der Waals surface area contributed by atoms with Crippen molar-refractivity contribution in [3.8, 4) is 10.6 Å². The number of thiazole rings is 1. The standard InChI is InChI=1S/C21H15N5OS/c1-13-3-8-16-18(11-13)28-21(24-16)14-4-6-15(7-5-14)23-20(27)17-12-19-22-9-2-10-26(19)25-17/h2-12H,1H3,(H,23,27). The normalized spacial score (nSPS) is 11.2. The molecule has 5 rings (SSSR count). The lowest BCUT2D eigenvalue weighted by Gasteiger charge is -2.03. The van der Waals surface area contributed by atoms with Gasteiger partial charge in [-0.3, -0.25) is 4.79 Å². The number of nitrogens with one attached hydrogen (secondary N) is 1. The van der Waals surface area contributed by atoms with E-state index < -0.39 is 0 Å². The SMILES string of the molecule is Cc1ccc2nc(-c3ccc(NC(=O)c4cc5ncccn5n4)cc3)sc2c1. The van der Waals surface area contributed by atoms with Crippen molar-refractivity contribution < 1.29 is 4.79 Å². The van der Waals surface area contributed by atoms with Crippen LogP contribution in [0.25, 0.3) is 26.4 Å². The van der Waals surface area contributed by atoms with Crippen molar-refractivity contribution in [1.29, 1.82) is 0 Å². The molecule has 1 amide bonds. The molecule has 0 radical (unpaired) electrons. The second kappa shape index (κ2) is 6.54. The Morgan fingerprint density at radius 3 is 2.79 bits per heavy atom. The lowest BCUT2D eigenvalue weighted by molar-refractivity contribution is 0.102. The minimum Gasteiger partial charge on any atom is -0.321 e. The summed E-state index contributed by atoms with van der Waals surface area (Å²) in [5.41, 5.74) is 4.91. The number of rotatable bonds is 3. The van der Waals surface area contributed by atoms with E-state index in [1.54, 1.807) is 40.4 Å². The van der Waals surface area contributed by atoms with Gasteiger partial charge in [-0.2, -0.15) is 5.10 Å². The van der Waals surface area contributed by atoms with Crippen molar-refractivity contribution in [2.24, 2.45) is 0 Å². The van der Waals surface area contributed by atoms with Gasteiger partial charge in [-0.25, -0.2) is 14.5 Å². The molecule has 7 heteroatoms. The zero-order chi connectivity index (χ0) is 19.1. The Morgan fingerprint density at radius 1 is 1.11 bits per heavy atom. The lowest BCUT2D eigenvalue weighted by atomic mass is 10.2. The number of aromatic nitrogens is 4. The minimum atomic E-state index is -0.270. The van der Waals surface area contributed by atoms with E-state index in [1.165, 1.54) is 10.3 Å². The Balaban J connectivity index is 1.37. The summed E-state index contributed by atoms with van der Waals surface area (Å²) >= 11 is 1.67. The Kier molecular flexibility index (Phi) is 3.87. The van der Waals surface area contributed by atoms with Gasteiger partial charge in [-0.1, -0.05) is 6.07 Å². The third-order valence-corrected chi connectivity index (χ3v) is 5.47. The average molecular weight is 385 g/mol. The number of carbonyl (C=O) groups is 1. The Labute approximate surface area is 164 Å². The van der Waals surface area contributed by atoms with E-state index in [4.69, 9.17) is 4.98 Å². The minimum absolute atomic E-state index is 0.270. The quantitative estimate of drug-likeness (QED) is 0.494. The fourth-order valence-electron chi connectivity index (χ4n) is 2.99. The topological polar surface area (TPSA) is 72.2 Å². The molecule has 3 heterocycles. The summed E-state index contributed by atoms with van der Waals surface area (Å²) in [6.07, 6.45) is 3.42. The molecule has 2 aromatic carbocycles. The third kappa shape index (κ3) is 3.01. The predicted octanol–water partition coefficient (Wildman–Crippen LogP) is 4.57. The van der Waals surface area contributed by atoms with Crippen LogP contribution in [0.3, 0.4) is 0 Å². The average Bonchev–Trinajstić information content (AvgIpc) is 3.32. The van der Waals surface area contributed by atoms with Gasteiger partial charge < -0.3 is 5.32 Å². The number of hydrogen-bond donors (Lipinski definition) is 1. The molecular formula is C21H15N5OS. The van der Waals surface area contributed by atoms with Crippen LogP contribution in [-0.4, -0.2) is 25.5 Å². The number of aryl methyl sites for hydroxylation is 1. The van der Waals surface area contributed by atoms with Gasteiger partial charge in [0.1, 0.15) is 5.01 Å². The summed E-state index contributed by atoms with van der Waals surface area (Å²) in [7, 11) is 0. The summed E-state index contributed by atoms with van der Waals surface area (Å²) in [4.78, 5) is 21.3. The molecule has 6 nitrogen and oxygen atoms in total. The first-order valence-corrected chi connectivity index (χ1v) is 9.57. The first-order valence-electron chi connectivity index (χ1n) is 8.75. The van der Waals surface area contributed by atoms with Crippen molar-refractivity contribution >= 4 is 38.8 Å². The molecule has 0 spiro atoms. The van der Waals surface area contributed by atoms with E-state index in [2.05, 4.69) is 34.5 Å². The van der Waals surface area contributed by atoms with Gasteiger partial charge >= 0.3 is 0 Å². The van der Waals surface area contributed by atoms with Crippen LogP contribution >= 0.6 is 11.3 Å². The summed E-state index contributed by atoms with van der Waals surface area (Å²) in [6.45, 7) is 2.08. The zero-order valence-electron chi connectivity index (χ0n) is 15.0. The van der Waals surface area contributed by atoms with Crippen molar-refractivity contribution in [3.05, 3.63) is 78.2 Å². The molecular weight excluding hydrogens is 370 g/mol. The van der Waals surface area contributed by atoms with Crippen LogP contribution in [-0.2, 0) is 0 Å². The van der Waals surface area contributed by atoms with Crippen LogP contribution in [0.4, 0.5) is 5.69 Å². The molecule has 0 fully saturated rings. The van der Waals surface area contributed by atoms with E-state index in [0.29, 0.717) is 17.0 Å². The lowest BCUT2D eigenvalue weighted by Crippen LogP contribution is -2.12. The number of anilines is 1. The monoisotopic (exact) mass is 385 g/mol. The van der Waals surface area contributed by atoms with Crippen molar-refractivity contribution in [2.45, 2.75) is 6.92 Å². The van der Waals surface area contributed by atoms with Gasteiger partial charge in [0.05, 0.1) is 10.2 Å². The number of amides is 1.